The highest BCUT2D eigenvalue weighted by atomic mass is 31.2. The molecule has 9 nitrogen and oxygen atoms in total. The van der Waals surface area contributed by atoms with E-state index in [1.165, 1.54) is 51.4 Å². The summed E-state index contributed by atoms with van der Waals surface area (Å²) in [7, 11) is 1.44. The van der Waals surface area contributed by atoms with Gasteiger partial charge in [0.25, 0.3) is 0 Å². The maximum atomic E-state index is 12.7. The van der Waals surface area contributed by atoms with Gasteiger partial charge in [0, 0.05) is 12.8 Å². The van der Waals surface area contributed by atoms with Gasteiger partial charge in [-0.05, 0) is 89.9 Å². The Morgan fingerprint density at radius 3 is 1.40 bits per heavy atom. The van der Waals surface area contributed by atoms with Gasteiger partial charge in [-0.3, -0.25) is 18.6 Å². The van der Waals surface area contributed by atoms with Crippen LogP contribution < -0.4 is 0 Å². The maximum Gasteiger partial charge on any atom is 0.472 e. The summed E-state index contributed by atoms with van der Waals surface area (Å²) in [4.78, 5) is 35.4. The highest BCUT2D eigenvalue weighted by molar-refractivity contribution is 7.47. The van der Waals surface area contributed by atoms with E-state index < -0.39 is 32.5 Å². The highest BCUT2D eigenvalue weighted by Crippen LogP contribution is 2.43. The van der Waals surface area contributed by atoms with Crippen LogP contribution in [0.2, 0.25) is 0 Å². The topological polar surface area (TPSA) is 108 Å². The maximum absolute atomic E-state index is 12.7. The van der Waals surface area contributed by atoms with Crippen molar-refractivity contribution in [3.05, 3.63) is 72.9 Å². The van der Waals surface area contributed by atoms with Crippen LogP contribution in [0.4, 0.5) is 0 Å². The van der Waals surface area contributed by atoms with Crippen LogP contribution in [0, 0.1) is 0 Å². The van der Waals surface area contributed by atoms with Gasteiger partial charge in [0.1, 0.15) is 19.8 Å². The minimum absolute atomic E-state index is 0.0198. The largest absolute Gasteiger partial charge is 0.472 e. The van der Waals surface area contributed by atoms with Gasteiger partial charge in [0.05, 0.1) is 27.7 Å². The second-order valence-corrected chi connectivity index (χ2v) is 17.5. The van der Waals surface area contributed by atoms with Crippen molar-refractivity contribution in [2.75, 3.05) is 47.5 Å². The molecule has 1 unspecified atom stereocenters. The molecule has 0 amide bonds. The van der Waals surface area contributed by atoms with Gasteiger partial charge in [-0.15, -0.1) is 0 Å². The Morgan fingerprint density at radius 1 is 0.534 bits per heavy atom. The van der Waals surface area contributed by atoms with Gasteiger partial charge in [-0.2, -0.15) is 0 Å². The smallest absolute Gasteiger partial charge is 0.462 e. The van der Waals surface area contributed by atoms with Crippen LogP contribution in [0.25, 0.3) is 0 Å². The molecule has 0 aliphatic rings. The van der Waals surface area contributed by atoms with E-state index in [-0.39, 0.29) is 26.1 Å². The van der Waals surface area contributed by atoms with Crippen molar-refractivity contribution in [3.63, 3.8) is 0 Å². The molecule has 2 atom stereocenters. The average Bonchev–Trinajstić information content (AvgIpc) is 3.17. The van der Waals surface area contributed by atoms with Crippen LogP contribution in [-0.2, 0) is 32.7 Å². The first-order chi connectivity index (χ1) is 28.0. The minimum atomic E-state index is -4.39. The monoisotopic (exact) mass is 835 g/mol. The van der Waals surface area contributed by atoms with E-state index in [1.54, 1.807) is 0 Å². The summed E-state index contributed by atoms with van der Waals surface area (Å²) >= 11 is 0. The molecule has 0 heterocycles. The van der Waals surface area contributed by atoms with E-state index in [0.717, 1.165) is 77.0 Å². The van der Waals surface area contributed by atoms with Crippen LogP contribution in [-0.4, -0.2) is 74.9 Å². The molecule has 0 saturated carbocycles. The summed E-state index contributed by atoms with van der Waals surface area (Å²) in [6.45, 7) is 4.30. The molecule has 0 fully saturated rings. The molecule has 0 saturated heterocycles. The molecular weight excluding hydrogens is 750 g/mol. The number of carbonyl (C=O) groups excluding carboxylic acids is 2. The number of quaternary nitrogens is 1. The molecule has 1 N–H and O–H groups in total. The van der Waals surface area contributed by atoms with E-state index in [9.17, 15) is 19.0 Å². The van der Waals surface area contributed by atoms with Gasteiger partial charge in [-0.1, -0.05) is 138 Å². The number of hydrogen-bond acceptors (Lipinski definition) is 7. The first-order valence-electron chi connectivity index (χ1n) is 22.7. The molecule has 0 spiro atoms. The molecule has 0 aromatic rings. The molecule has 0 aromatic heterocycles. The standard InChI is InChI=1S/C48H84NO8P/c1-6-8-10-12-14-16-18-20-22-23-24-25-27-28-30-32-34-36-38-40-47(50)54-44-46(45-56-58(52,53)55-43-42-49(3,4)5)57-48(51)41-39-37-35-33-31-29-26-21-19-17-15-13-11-9-7-2/h14-17,20-22,24-26,28,30,46H,6-13,18-19,23,27,29,31-45H2,1-5H3/p+1/b16-14+,17-15+,22-20+,25-24+,26-21+,30-28+/t46-/m1/s1. The average molecular weight is 835 g/mol. The SMILES string of the molecule is CCCCC/C=C/C/C=C/C/C=C/C/C=C/CCCCCC(=O)OC[C@H](COP(=O)(O)OCC[N+](C)(C)C)OC(=O)CCCCCCC/C=C/C/C=C/CCCCC. The number of rotatable bonds is 40. The predicted octanol–water partition coefficient (Wildman–Crippen LogP) is 13.0. The number of hydrogen-bond donors (Lipinski definition) is 1. The van der Waals surface area contributed by atoms with Gasteiger partial charge in [0.2, 0.25) is 0 Å². The second kappa shape index (κ2) is 39.9. The van der Waals surface area contributed by atoms with Crippen molar-refractivity contribution >= 4 is 19.8 Å². The van der Waals surface area contributed by atoms with Crippen LogP contribution in [0.3, 0.4) is 0 Å². The number of carbonyl (C=O) groups is 2. The zero-order valence-corrected chi connectivity index (χ0v) is 38.4. The zero-order valence-electron chi connectivity index (χ0n) is 37.5. The minimum Gasteiger partial charge on any atom is -0.462 e. The molecule has 0 aromatic carbocycles. The van der Waals surface area contributed by atoms with Crippen molar-refractivity contribution in [2.45, 2.75) is 174 Å². The summed E-state index contributed by atoms with van der Waals surface area (Å²) in [6, 6.07) is 0. The van der Waals surface area contributed by atoms with Crippen molar-refractivity contribution in [3.8, 4) is 0 Å². The number of phosphoric ester groups is 1. The lowest BCUT2D eigenvalue weighted by atomic mass is 10.1. The van der Waals surface area contributed by atoms with Crippen molar-refractivity contribution in [1.82, 2.24) is 0 Å². The quantitative estimate of drug-likeness (QED) is 0.0214. The number of allylic oxidation sites excluding steroid dienone is 12. The lowest BCUT2D eigenvalue weighted by molar-refractivity contribution is -0.870. The molecule has 0 aliphatic carbocycles. The Balaban J connectivity index is 4.44. The van der Waals surface area contributed by atoms with Crippen LogP contribution in [0.15, 0.2) is 72.9 Å². The molecule has 0 radical (unpaired) electrons. The number of esters is 2. The van der Waals surface area contributed by atoms with Gasteiger partial charge in [-0.25, -0.2) is 4.57 Å². The molecule has 334 valence electrons. The third-order valence-corrected chi connectivity index (χ3v) is 10.2. The van der Waals surface area contributed by atoms with Gasteiger partial charge >= 0.3 is 19.8 Å². The number of likely N-dealkylation sites (N-methyl/N-ethyl adjacent to an activating group) is 1. The summed E-state index contributed by atoms with van der Waals surface area (Å²) in [5, 5.41) is 0. The number of phosphoric acid groups is 1. The summed E-state index contributed by atoms with van der Waals surface area (Å²) in [6.07, 6.45) is 49.4. The Bertz CT molecular complexity index is 1220. The number of ether oxygens (including phenoxy) is 2. The third-order valence-electron chi connectivity index (χ3n) is 9.21. The van der Waals surface area contributed by atoms with Gasteiger partial charge in [0.15, 0.2) is 6.10 Å². The molecule has 0 bridgehead atoms. The fourth-order valence-corrected chi connectivity index (χ4v) is 6.36. The fraction of sp³-hybridized carbons (Fsp3) is 0.708. The first kappa shape index (κ1) is 55.5. The zero-order chi connectivity index (χ0) is 42.8. The fourth-order valence-electron chi connectivity index (χ4n) is 5.61. The lowest BCUT2D eigenvalue weighted by Gasteiger charge is -2.24. The Kier molecular flexibility index (Phi) is 38.1. The molecular formula is C48H85NO8P+. The molecule has 0 rings (SSSR count). The van der Waals surface area contributed by atoms with E-state index >= 15 is 0 Å². The first-order valence-corrected chi connectivity index (χ1v) is 24.2. The summed E-state index contributed by atoms with van der Waals surface area (Å²) in [5.74, 6) is -0.857. The Labute approximate surface area is 355 Å². The highest BCUT2D eigenvalue weighted by Gasteiger charge is 2.27. The van der Waals surface area contributed by atoms with Crippen LogP contribution in [0.1, 0.15) is 168 Å². The predicted molar refractivity (Wildman–Crippen MR) is 242 cm³/mol. The third kappa shape index (κ3) is 43.0. The van der Waals surface area contributed by atoms with E-state index in [2.05, 4.69) is 86.8 Å². The number of unbranched alkanes of at least 4 members (excludes halogenated alkanes) is 14. The second-order valence-electron chi connectivity index (χ2n) is 16.1. The van der Waals surface area contributed by atoms with Gasteiger partial charge < -0.3 is 18.9 Å². The summed E-state index contributed by atoms with van der Waals surface area (Å²) < 4.78 is 34.3. The Morgan fingerprint density at radius 2 is 0.931 bits per heavy atom. The summed E-state index contributed by atoms with van der Waals surface area (Å²) in [5.41, 5.74) is 0. The molecule has 10 heteroatoms. The molecule has 58 heavy (non-hydrogen) atoms. The van der Waals surface area contributed by atoms with E-state index in [1.807, 2.05) is 21.1 Å². The van der Waals surface area contributed by atoms with Crippen LogP contribution in [0.5, 0.6) is 0 Å². The van der Waals surface area contributed by atoms with Crippen LogP contribution >= 0.6 is 7.82 Å². The van der Waals surface area contributed by atoms with Crippen molar-refractivity contribution in [2.24, 2.45) is 0 Å². The number of nitrogens with zero attached hydrogens (tertiary/aromatic N) is 1. The van der Waals surface area contributed by atoms with E-state index in [0.29, 0.717) is 23.9 Å². The van der Waals surface area contributed by atoms with E-state index in [4.69, 9.17) is 18.5 Å². The normalized spacial score (nSPS) is 14.2. The lowest BCUT2D eigenvalue weighted by Crippen LogP contribution is -2.37. The molecule has 0 aliphatic heterocycles. The van der Waals surface area contributed by atoms with Crippen molar-refractivity contribution in [1.29, 1.82) is 0 Å². The van der Waals surface area contributed by atoms with Crippen molar-refractivity contribution < 1.29 is 42.1 Å². The Hall–Kier alpha value is -2.55.